The number of methoxy groups -OCH3 is 1. The maximum absolute atomic E-state index is 13.6. The Balaban J connectivity index is 1.26. The van der Waals surface area contributed by atoms with Crippen LogP contribution in [0, 0.1) is 12.3 Å². The highest BCUT2D eigenvalue weighted by Crippen LogP contribution is 2.54. The van der Waals surface area contributed by atoms with E-state index in [9.17, 15) is 9.18 Å². The lowest BCUT2D eigenvalue weighted by molar-refractivity contribution is -0.187. The first kappa shape index (κ1) is 27.5. The van der Waals surface area contributed by atoms with Crippen molar-refractivity contribution in [1.29, 1.82) is 0 Å². The van der Waals surface area contributed by atoms with E-state index in [0.29, 0.717) is 19.2 Å². The lowest BCUT2D eigenvalue weighted by Crippen LogP contribution is -2.54. The number of ether oxygens (including phenoxy) is 2. The summed E-state index contributed by atoms with van der Waals surface area (Å²) in [5.41, 5.74) is 4.23. The van der Waals surface area contributed by atoms with E-state index < -0.39 is 11.4 Å². The molecule has 41 heavy (non-hydrogen) atoms. The molecule has 7 rings (SSSR count). The predicted octanol–water partition coefficient (Wildman–Crippen LogP) is 7.15. The number of nitrogens with zero attached hydrogens (tertiary/aromatic N) is 4. The molecule has 1 aliphatic carbocycles. The van der Waals surface area contributed by atoms with Gasteiger partial charge in [0.15, 0.2) is 0 Å². The van der Waals surface area contributed by atoms with Gasteiger partial charge in [-0.25, -0.2) is 19.3 Å². The zero-order chi connectivity index (χ0) is 28.6. The number of fused-ring (bicyclic) bond motifs is 4. The van der Waals surface area contributed by atoms with Crippen LogP contribution in [0.2, 0.25) is 0 Å². The maximum Gasteiger partial charge on any atom is 0.316 e. The summed E-state index contributed by atoms with van der Waals surface area (Å²) in [4.78, 5) is 28.6. The molecule has 212 valence electrons. The number of aromatic nitrogens is 3. The van der Waals surface area contributed by atoms with Crippen molar-refractivity contribution in [2.45, 2.75) is 51.0 Å². The molecule has 2 aliphatic heterocycles. The summed E-state index contributed by atoms with van der Waals surface area (Å²) in [6, 6.07) is 14.6. The van der Waals surface area contributed by atoms with Gasteiger partial charge in [-0.15, -0.1) is 11.3 Å². The van der Waals surface area contributed by atoms with Gasteiger partial charge in [-0.05, 0) is 68.0 Å². The molecule has 0 N–H and O–H groups in total. The Morgan fingerprint density at radius 1 is 1.10 bits per heavy atom. The molecule has 0 spiro atoms. The fourth-order valence-corrected chi connectivity index (χ4v) is 6.97. The summed E-state index contributed by atoms with van der Waals surface area (Å²) in [6.45, 7) is 6.41. The Bertz CT molecular complexity index is 1580. The van der Waals surface area contributed by atoms with E-state index in [2.05, 4.69) is 45.8 Å². The SMILES string of the molecule is C=C(F)CCC(=O)N(CC12CCC(c3cnc(OC)nc3)(CC1)OC2)c1cccc(-c2ccc3nc(C)sc3c2)c1. The number of allylic oxidation sites excluding steroid dienone is 1. The van der Waals surface area contributed by atoms with Crippen LogP contribution in [0.15, 0.2) is 67.3 Å². The number of thiazole rings is 1. The number of aryl methyl sites for hydroxylation is 1. The third-order valence-electron chi connectivity index (χ3n) is 8.50. The third kappa shape index (κ3) is 5.48. The van der Waals surface area contributed by atoms with Crippen LogP contribution in [0.5, 0.6) is 6.01 Å². The molecule has 0 radical (unpaired) electrons. The number of carbonyl (C=O) groups is 1. The molecular formula is C32H33FN4O3S. The number of carbonyl (C=O) groups excluding carboxylic acids is 1. The summed E-state index contributed by atoms with van der Waals surface area (Å²) < 4.78 is 26.4. The molecule has 4 heterocycles. The summed E-state index contributed by atoms with van der Waals surface area (Å²) in [7, 11) is 1.55. The normalized spacial score (nSPS) is 21.6. The molecule has 1 amide bonds. The summed E-state index contributed by atoms with van der Waals surface area (Å²) in [5.74, 6) is -0.599. The van der Waals surface area contributed by atoms with Gasteiger partial charge in [-0.3, -0.25) is 4.79 Å². The van der Waals surface area contributed by atoms with Gasteiger partial charge < -0.3 is 14.4 Å². The largest absolute Gasteiger partial charge is 0.467 e. The van der Waals surface area contributed by atoms with E-state index in [4.69, 9.17) is 9.47 Å². The van der Waals surface area contributed by atoms with Crippen LogP contribution < -0.4 is 9.64 Å². The molecule has 2 bridgehead atoms. The second-order valence-electron chi connectivity index (χ2n) is 11.2. The molecule has 3 aliphatic rings. The summed E-state index contributed by atoms with van der Waals surface area (Å²) in [5, 5.41) is 1.03. The number of anilines is 1. The number of benzene rings is 2. The van der Waals surface area contributed by atoms with Crippen LogP contribution in [-0.4, -0.2) is 41.1 Å². The molecule has 3 fully saturated rings. The molecule has 9 heteroatoms. The highest BCUT2D eigenvalue weighted by molar-refractivity contribution is 7.18. The van der Waals surface area contributed by atoms with Gasteiger partial charge >= 0.3 is 6.01 Å². The van der Waals surface area contributed by atoms with Crippen molar-refractivity contribution < 1.29 is 18.7 Å². The monoisotopic (exact) mass is 572 g/mol. The molecule has 0 unspecified atom stereocenters. The van der Waals surface area contributed by atoms with Gasteiger partial charge in [0.1, 0.15) is 0 Å². The van der Waals surface area contributed by atoms with Gasteiger partial charge in [-0.2, -0.15) is 0 Å². The van der Waals surface area contributed by atoms with Gasteiger partial charge in [0, 0.05) is 48.4 Å². The van der Waals surface area contributed by atoms with Crippen LogP contribution in [0.4, 0.5) is 10.1 Å². The second kappa shape index (κ2) is 10.9. The van der Waals surface area contributed by atoms with Crippen LogP contribution >= 0.6 is 11.3 Å². The van der Waals surface area contributed by atoms with E-state index in [1.807, 2.05) is 30.0 Å². The fraction of sp³-hybridized carbons (Fsp3) is 0.375. The molecule has 2 aromatic carbocycles. The lowest BCUT2D eigenvalue weighted by Gasteiger charge is -2.54. The Hall–Kier alpha value is -3.69. The Morgan fingerprint density at radius 3 is 2.54 bits per heavy atom. The topological polar surface area (TPSA) is 77.4 Å². The molecule has 1 saturated carbocycles. The zero-order valence-electron chi connectivity index (χ0n) is 23.4. The Kier molecular flexibility index (Phi) is 7.34. The van der Waals surface area contributed by atoms with Crippen molar-refractivity contribution in [3.05, 3.63) is 77.8 Å². The van der Waals surface area contributed by atoms with E-state index in [0.717, 1.165) is 63.3 Å². The van der Waals surface area contributed by atoms with E-state index in [1.165, 1.54) is 0 Å². The Labute approximate surface area is 243 Å². The lowest BCUT2D eigenvalue weighted by atomic mass is 9.64. The van der Waals surface area contributed by atoms with Crippen LogP contribution in [0.3, 0.4) is 0 Å². The minimum absolute atomic E-state index is 0.0144. The molecule has 0 atom stereocenters. The third-order valence-corrected chi connectivity index (χ3v) is 9.43. The van der Waals surface area contributed by atoms with Crippen molar-refractivity contribution >= 4 is 33.1 Å². The standard InChI is InChI=1S/C32H33FN4O3S/c1-21(33)7-10-29(38)37(26-6-4-5-23(15-26)24-8-9-27-28(16-24)41-22(2)36-27)19-31-11-13-32(14-12-31,40-20-31)25-17-34-30(39-3)35-18-25/h4-6,8-9,15-18H,1,7,10-14,19-20H2,2-3H3. The second-order valence-corrected chi connectivity index (χ2v) is 12.4. The predicted molar refractivity (Wildman–Crippen MR) is 159 cm³/mol. The number of rotatable bonds is 9. The first-order valence-corrected chi connectivity index (χ1v) is 14.7. The molecule has 4 aromatic rings. The van der Waals surface area contributed by atoms with Gasteiger partial charge in [0.25, 0.3) is 0 Å². The molecule has 2 aromatic heterocycles. The average Bonchev–Trinajstić information content (AvgIpc) is 3.39. The highest BCUT2D eigenvalue weighted by Gasteiger charge is 2.52. The van der Waals surface area contributed by atoms with E-state index in [1.54, 1.807) is 30.8 Å². The number of hydrogen-bond acceptors (Lipinski definition) is 7. The maximum atomic E-state index is 13.6. The van der Waals surface area contributed by atoms with Crippen LogP contribution in [0.1, 0.15) is 49.1 Å². The van der Waals surface area contributed by atoms with Gasteiger partial charge in [0.2, 0.25) is 5.91 Å². The van der Waals surface area contributed by atoms with Crippen molar-refractivity contribution in [2.24, 2.45) is 5.41 Å². The van der Waals surface area contributed by atoms with Crippen LogP contribution in [0.25, 0.3) is 21.3 Å². The van der Waals surface area contributed by atoms with Crippen molar-refractivity contribution in [1.82, 2.24) is 15.0 Å². The van der Waals surface area contributed by atoms with E-state index in [-0.39, 0.29) is 24.2 Å². The number of hydrogen-bond donors (Lipinski definition) is 0. The summed E-state index contributed by atoms with van der Waals surface area (Å²) in [6.07, 6.45) is 7.11. The summed E-state index contributed by atoms with van der Waals surface area (Å²) >= 11 is 1.67. The van der Waals surface area contributed by atoms with Crippen LogP contribution in [-0.2, 0) is 15.1 Å². The smallest absolute Gasteiger partial charge is 0.316 e. The number of amides is 1. The van der Waals surface area contributed by atoms with Gasteiger partial charge in [-0.1, -0.05) is 24.8 Å². The highest BCUT2D eigenvalue weighted by atomic mass is 32.1. The first-order valence-electron chi connectivity index (χ1n) is 13.9. The van der Waals surface area contributed by atoms with Crippen molar-refractivity contribution in [2.75, 3.05) is 25.2 Å². The van der Waals surface area contributed by atoms with E-state index >= 15 is 0 Å². The van der Waals surface area contributed by atoms with Crippen molar-refractivity contribution in [3.63, 3.8) is 0 Å². The minimum Gasteiger partial charge on any atom is -0.467 e. The minimum atomic E-state index is -0.483. The van der Waals surface area contributed by atoms with Gasteiger partial charge in [0.05, 0.1) is 40.4 Å². The molecule has 2 saturated heterocycles. The Morgan fingerprint density at radius 2 is 1.85 bits per heavy atom. The quantitative estimate of drug-likeness (QED) is 0.212. The fourth-order valence-electron chi connectivity index (χ4n) is 6.11. The molecular weight excluding hydrogens is 539 g/mol. The van der Waals surface area contributed by atoms with Crippen molar-refractivity contribution in [3.8, 4) is 17.1 Å². The number of halogens is 1. The zero-order valence-corrected chi connectivity index (χ0v) is 24.2. The molecule has 7 nitrogen and oxygen atoms in total. The first-order chi connectivity index (χ1) is 19.8. The average molecular weight is 573 g/mol.